The smallest absolute Gasteiger partial charge is 0.0931 e. The molecule has 0 saturated carbocycles. The molecule has 5 heteroatoms. The molecule has 0 amide bonds. The van der Waals surface area contributed by atoms with Crippen molar-refractivity contribution < 1.29 is 0 Å². The van der Waals surface area contributed by atoms with E-state index in [2.05, 4.69) is 22.8 Å². The number of halogens is 1. The summed E-state index contributed by atoms with van der Waals surface area (Å²) in [6, 6.07) is 5.43. The van der Waals surface area contributed by atoms with Crippen molar-refractivity contribution in [3.8, 4) is 0 Å². The third kappa shape index (κ3) is 3.45. The number of nitrogens with zero attached hydrogens (tertiary/aromatic N) is 2. The Bertz CT molecular complexity index is 464. The molecule has 3 unspecified atom stereocenters. The fourth-order valence-corrected chi connectivity index (χ4v) is 5.13. The first-order chi connectivity index (χ1) is 10.2. The largest absolute Gasteiger partial charge is 0.326 e. The Kier molecular flexibility index (Phi) is 5.23. The topological polar surface area (TPSA) is 32.5 Å². The summed E-state index contributed by atoms with van der Waals surface area (Å²) in [5.41, 5.74) is 6.49. The predicted octanol–water partition coefficient (Wildman–Crippen LogP) is 3.35. The van der Waals surface area contributed by atoms with Gasteiger partial charge in [-0.2, -0.15) is 0 Å². The maximum atomic E-state index is 6.49. The van der Waals surface area contributed by atoms with Crippen molar-refractivity contribution in [2.45, 2.75) is 50.7 Å². The summed E-state index contributed by atoms with van der Waals surface area (Å²) >= 11 is 7.86. The van der Waals surface area contributed by atoms with Crippen LogP contribution < -0.4 is 5.73 Å². The van der Waals surface area contributed by atoms with Crippen molar-refractivity contribution in [3.63, 3.8) is 0 Å². The molecular formula is C16H26ClN3S. The SMILES string of the molecule is CCC(N)C(c1ccc(Cl)s1)N1CCCN2CCCC2C1. The quantitative estimate of drug-likeness (QED) is 0.920. The number of rotatable bonds is 4. The summed E-state index contributed by atoms with van der Waals surface area (Å²) in [5.74, 6) is 0. The molecule has 2 aliphatic rings. The second kappa shape index (κ2) is 6.97. The van der Waals surface area contributed by atoms with E-state index in [0.29, 0.717) is 6.04 Å². The average molecular weight is 328 g/mol. The van der Waals surface area contributed by atoms with Crippen molar-refractivity contribution in [1.29, 1.82) is 0 Å². The Labute approximate surface area is 137 Å². The van der Waals surface area contributed by atoms with Crippen LogP contribution in [0.2, 0.25) is 4.34 Å². The fraction of sp³-hybridized carbons (Fsp3) is 0.750. The first-order valence-corrected chi connectivity index (χ1v) is 9.37. The molecule has 2 N–H and O–H groups in total. The van der Waals surface area contributed by atoms with Gasteiger partial charge in [0, 0.05) is 30.1 Å². The molecular weight excluding hydrogens is 302 g/mol. The van der Waals surface area contributed by atoms with Crippen molar-refractivity contribution in [2.75, 3.05) is 26.2 Å². The highest BCUT2D eigenvalue weighted by Crippen LogP contribution is 2.35. The van der Waals surface area contributed by atoms with Crippen LogP contribution in [0.25, 0.3) is 0 Å². The minimum atomic E-state index is 0.188. The summed E-state index contributed by atoms with van der Waals surface area (Å²) in [7, 11) is 0. The summed E-state index contributed by atoms with van der Waals surface area (Å²) < 4.78 is 0.871. The standard InChI is InChI=1S/C16H26ClN3S/c1-2-13(18)16(14-6-7-15(17)21-14)20-10-4-9-19-8-3-5-12(19)11-20/h6-7,12-13,16H,2-5,8-11,18H2,1H3. The highest BCUT2D eigenvalue weighted by Gasteiger charge is 2.34. The summed E-state index contributed by atoms with van der Waals surface area (Å²) in [4.78, 5) is 6.64. The maximum absolute atomic E-state index is 6.49. The van der Waals surface area contributed by atoms with Crippen LogP contribution in [-0.4, -0.2) is 48.1 Å². The van der Waals surface area contributed by atoms with Crippen molar-refractivity contribution in [1.82, 2.24) is 9.80 Å². The number of hydrogen-bond donors (Lipinski definition) is 1. The van der Waals surface area contributed by atoms with Crippen molar-refractivity contribution in [3.05, 3.63) is 21.3 Å². The van der Waals surface area contributed by atoms with E-state index in [1.807, 2.05) is 6.07 Å². The lowest BCUT2D eigenvalue weighted by Crippen LogP contribution is -2.44. The van der Waals surface area contributed by atoms with Gasteiger partial charge in [0.05, 0.1) is 10.4 Å². The Balaban J connectivity index is 1.81. The molecule has 21 heavy (non-hydrogen) atoms. The molecule has 0 bridgehead atoms. The van der Waals surface area contributed by atoms with Gasteiger partial charge in [-0.3, -0.25) is 9.80 Å². The van der Waals surface area contributed by atoms with Crippen LogP contribution in [-0.2, 0) is 0 Å². The molecule has 3 atom stereocenters. The number of fused-ring (bicyclic) bond motifs is 1. The van der Waals surface area contributed by atoms with Crippen molar-refractivity contribution in [2.24, 2.45) is 5.73 Å². The molecule has 1 aromatic heterocycles. The minimum absolute atomic E-state index is 0.188. The molecule has 2 aliphatic heterocycles. The zero-order valence-electron chi connectivity index (χ0n) is 12.8. The maximum Gasteiger partial charge on any atom is 0.0931 e. The monoisotopic (exact) mass is 327 g/mol. The minimum Gasteiger partial charge on any atom is -0.326 e. The molecule has 0 aliphatic carbocycles. The van der Waals surface area contributed by atoms with E-state index >= 15 is 0 Å². The third-order valence-corrected chi connectivity index (χ3v) is 6.29. The molecule has 118 valence electrons. The Hall–Kier alpha value is -0.130. The fourth-order valence-electron chi connectivity index (χ4n) is 3.86. The van der Waals surface area contributed by atoms with Gasteiger partial charge in [-0.25, -0.2) is 0 Å². The lowest BCUT2D eigenvalue weighted by Gasteiger charge is -2.35. The van der Waals surface area contributed by atoms with Gasteiger partial charge in [0.15, 0.2) is 0 Å². The van der Waals surface area contributed by atoms with Crippen LogP contribution in [0, 0.1) is 0 Å². The number of nitrogens with two attached hydrogens (primary N) is 1. The summed E-state index contributed by atoms with van der Waals surface area (Å²) in [5, 5.41) is 0. The third-order valence-electron chi connectivity index (χ3n) is 4.99. The van der Waals surface area contributed by atoms with E-state index in [9.17, 15) is 0 Å². The Morgan fingerprint density at radius 3 is 2.86 bits per heavy atom. The van der Waals surface area contributed by atoms with Gasteiger partial charge in [0.1, 0.15) is 0 Å². The van der Waals surface area contributed by atoms with Gasteiger partial charge in [-0.05, 0) is 50.9 Å². The number of thiophene rings is 1. The van der Waals surface area contributed by atoms with E-state index in [-0.39, 0.29) is 6.04 Å². The Morgan fingerprint density at radius 2 is 2.14 bits per heavy atom. The lowest BCUT2D eigenvalue weighted by atomic mass is 10.0. The van der Waals surface area contributed by atoms with E-state index in [1.165, 1.54) is 37.2 Å². The van der Waals surface area contributed by atoms with Gasteiger partial charge in [-0.1, -0.05) is 18.5 Å². The molecule has 3 heterocycles. The molecule has 0 radical (unpaired) electrons. The second-order valence-corrected chi connectivity index (χ2v) is 8.09. The predicted molar refractivity (Wildman–Crippen MR) is 91.1 cm³/mol. The first-order valence-electron chi connectivity index (χ1n) is 8.18. The van der Waals surface area contributed by atoms with Gasteiger partial charge >= 0.3 is 0 Å². The molecule has 3 rings (SSSR count). The zero-order chi connectivity index (χ0) is 14.8. The van der Waals surface area contributed by atoms with Gasteiger partial charge < -0.3 is 5.73 Å². The van der Waals surface area contributed by atoms with Gasteiger partial charge in [-0.15, -0.1) is 11.3 Å². The van der Waals surface area contributed by atoms with Crippen LogP contribution in [0.5, 0.6) is 0 Å². The molecule has 2 saturated heterocycles. The second-order valence-electron chi connectivity index (χ2n) is 6.34. The molecule has 0 aromatic carbocycles. The molecule has 1 aromatic rings. The summed E-state index contributed by atoms with van der Waals surface area (Å²) in [6.45, 7) is 7.04. The zero-order valence-corrected chi connectivity index (χ0v) is 14.4. The van der Waals surface area contributed by atoms with Gasteiger partial charge in [0.25, 0.3) is 0 Å². The van der Waals surface area contributed by atoms with Crippen LogP contribution in [0.4, 0.5) is 0 Å². The van der Waals surface area contributed by atoms with E-state index in [4.69, 9.17) is 17.3 Å². The normalized spacial score (nSPS) is 27.3. The van der Waals surface area contributed by atoms with Crippen LogP contribution in [0.1, 0.15) is 43.5 Å². The first kappa shape index (κ1) is 15.8. The Morgan fingerprint density at radius 1 is 1.33 bits per heavy atom. The van der Waals surface area contributed by atoms with E-state index in [1.54, 1.807) is 11.3 Å². The lowest BCUT2D eigenvalue weighted by molar-refractivity contribution is 0.154. The van der Waals surface area contributed by atoms with Crippen LogP contribution >= 0.6 is 22.9 Å². The van der Waals surface area contributed by atoms with E-state index in [0.717, 1.165) is 29.9 Å². The number of hydrogen-bond acceptors (Lipinski definition) is 4. The average Bonchev–Trinajstić information content (AvgIpc) is 3.04. The molecule has 3 nitrogen and oxygen atoms in total. The summed E-state index contributed by atoms with van der Waals surface area (Å²) in [6.07, 6.45) is 4.96. The van der Waals surface area contributed by atoms with Gasteiger partial charge in [0.2, 0.25) is 0 Å². The van der Waals surface area contributed by atoms with Crippen LogP contribution in [0.3, 0.4) is 0 Å². The van der Waals surface area contributed by atoms with Crippen LogP contribution in [0.15, 0.2) is 12.1 Å². The highest BCUT2D eigenvalue weighted by atomic mass is 35.5. The van der Waals surface area contributed by atoms with Crippen molar-refractivity contribution >= 4 is 22.9 Å². The molecule has 0 spiro atoms. The highest BCUT2D eigenvalue weighted by molar-refractivity contribution is 7.16. The van der Waals surface area contributed by atoms with E-state index < -0.39 is 0 Å². The molecule has 2 fully saturated rings.